The molecule has 1 aromatic rings. The largest absolute Gasteiger partial charge is 0.469 e. The number of hydrogen-bond acceptors (Lipinski definition) is 3. The van der Waals surface area contributed by atoms with Gasteiger partial charge in [0.25, 0.3) is 0 Å². The molecular formula is C20H26O3. The molecule has 1 aromatic carbocycles. The Morgan fingerprint density at radius 1 is 1.22 bits per heavy atom. The van der Waals surface area contributed by atoms with Gasteiger partial charge in [-0.05, 0) is 30.2 Å². The first kappa shape index (κ1) is 17.6. The van der Waals surface area contributed by atoms with Crippen molar-refractivity contribution >= 4 is 5.97 Å². The molecule has 0 heterocycles. The molecule has 23 heavy (non-hydrogen) atoms. The molecule has 1 aliphatic rings. The first-order valence-corrected chi connectivity index (χ1v) is 8.42. The maximum absolute atomic E-state index is 11.6. The van der Waals surface area contributed by atoms with Crippen molar-refractivity contribution in [3.8, 4) is 11.8 Å². The van der Waals surface area contributed by atoms with Crippen molar-refractivity contribution in [2.75, 3.05) is 7.11 Å². The Hall–Kier alpha value is -1.79. The van der Waals surface area contributed by atoms with Crippen molar-refractivity contribution in [1.29, 1.82) is 0 Å². The highest BCUT2D eigenvalue weighted by Gasteiger charge is 2.37. The van der Waals surface area contributed by atoms with E-state index in [4.69, 9.17) is 9.47 Å². The van der Waals surface area contributed by atoms with Gasteiger partial charge in [0.1, 0.15) is 0 Å². The van der Waals surface area contributed by atoms with Gasteiger partial charge in [0, 0.05) is 19.3 Å². The second kappa shape index (κ2) is 9.37. The fourth-order valence-corrected chi connectivity index (χ4v) is 3.26. The topological polar surface area (TPSA) is 35.5 Å². The van der Waals surface area contributed by atoms with Crippen molar-refractivity contribution in [2.45, 2.75) is 51.7 Å². The second-order valence-corrected chi connectivity index (χ2v) is 6.03. The minimum Gasteiger partial charge on any atom is -0.469 e. The molecule has 1 aliphatic carbocycles. The zero-order valence-corrected chi connectivity index (χ0v) is 14.1. The molecule has 0 aromatic heterocycles. The molecule has 2 rings (SSSR count). The predicted molar refractivity (Wildman–Crippen MR) is 90.6 cm³/mol. The summed E-state index contributed by atoms with van der Waals surface area (Å²) >= 11 is 0. The van der Waals surface area contributed by atoms with E-state index in [2.05, 4.69) is 30.9 Å². The third-order valence-electron chi connectivity index (χ3n) is 4.51. The van der Waals surface area contributed by atoms with Gasteiger partial charge in [-0.25, -0.2) is 0 Å². The maximum Gasteiger partial charge on any atom is 0.305 e. The molecule has 3 atom stereocenters. The number of rotatable bonds is 6. The highest BCUT2D eigenvalue weighted by atomic mass is 16.5. The molecule has 0 amide bonds. The number of carbonyl (C=O) groups excluding carboxylic acids is 1. The monoisotopic (exact) mass is 314 g/mol. The Morgan fingerprint density at radius 3 is 2.70 bits per heavy atom. The normalized spacial score (nSPS) is 23.1. The lowest BCUT2D eigenvalue weighted by atomic mass is 9.89. The fraction of sp³-hybridized carbons (Fsp3) is 0.550. The van der Waals surface area contributed by atoms with Gasteiger partial charge in [-0.3, -0.25) is 4.79 Å². The van der Waals surface area contributed by atoms with E-state index in [-0.39, 0.29) is 12.1 Å². The third kappa shape index (κ3) is 5.41. The van der Waals surface area contributed by atoms with Crippen LogP contribution in [0, 0.1) is 23.7 Å². The highest BCUT2D eigenvalue weighted by Crippen LogP contribution is 2.39. The van der Waals surface area contributed by atoms with Gasteiger partial charge in [0.2, 0.25) is 0 Å². The third-order valence-corrected chi connectivity index (χ3v) is 4.51. The molecule has 1 saturated carbocycles. The van der Waals surface area contributed by atoms with E-state index in [1.54, 1.807) is 0 Å². The molecule has 0 spiro atoms. The Labute approximate surface area is 139 Å². The van der Waals surface area contributed by atoms with Crippen LogP contribution >= 0.6 is 0 Å². The van der Waals surface area contributed by atoms with E-state index >= 15 is 0 Å². The zero-order chi connectivity index (χ0) is 16.5. The lowest BCUT2D eigenvalue weighted by Crippen LogP contribution is -2.24. The molecule has 0 radical (unpaired) electrons. The molecule has 1 fully saturated rings. The lowest BCUT2D eigenvalue weighted by Gasteiger charge is -2.23. The highest BCUT2D eigenvalue weighted by molar-refractivity contribution is 5.69. The standard InChI is InChI=1S/C20H26O3/c1-3-4-6-11-18-17(14-20(21)22-2)12-13-19(18)23-15-16-9-7-5-8-10-16/h5,7-10,17-19H,3,11-15H2,1-2H3/t17-,18+,19+/m1/s1. The van der Waals surface area contributed by atoms with E-state index in [0.29, 0.717) is 24.9 Å². The van der Waals surface area contributed by atoms with Crippen LogP contribution in [0.1, 0.15) is 44.6 Å². The summed E-state index contributed by atoms with van der Waals surface area (Å²) in [6.07, 6.45) is 4.31. The first-order valence-electron chi connectivity index (χ1n) is 8.42. The Morgan fingerprint density at radius 2 is 2.00 bits per heavy atom. The van der Waals surface area contributed by atoms with Crippen molar-refractivity contribution in [3.05, 3.63) is 35.9 Å². The van der Waals surface area contributed by atoms with Crippen molar-refractivity contribution in [2.24, 2.45) is 11.8 Å². The van der Waals surface area contributed by atoms with Crippen LogP contribution in [0.2, 0.25) is 0 Å². The van der Waals surface area contributed by atoms with Crippen LogP contribution in [-0.4, -0.2) is 19.2 Å². The summed E-state index contributed by atoms with van der Waals surface area (Å²) in [7, 11) is 1.45. The number of benzene rings is 1. The number of ether oxygens (including phenoxy) is 2. The minimum absolute atomic E-state index is 0.132. The molecule has 0 unspecified atom stereocenters. The Balaban J connectivity index is 1.97. The first-order chi connectivity index (χ1) is 11.2. The molecule has 3 nitrogen and oxygen atoms in total. The SMILES string of the molecule is CCC#CC[C@H]1[C@@H](CC(=O)OC)CC[C@@H]1OCc1ccccc1. The van der Waals surface area contributed by atoms with Crippen LogP contribution < -0.4 is 0 Å². The number of methoxy groups -OCH3 is 1. The van der Waals surface area contributed by atoms with Crippen LogP contribution in [0.15, 0.2) is 30.3 Å². The molecule has 0 saturated heterocycles. The van der Waals surface area contributed by atoms with Crippen LogP contribution in [0.3, 0.4) is 0 Å². The number of carbonyl (C=O) groups is 1. The van der Waals surface area contributed by atoms with Crippen LogP contribution in [0.4, 0.5) is 0 Å². The second-order valence-electron chi connectivity index (χ2n) is 6.03. The summed E-state index contributed by atoms with van der Waals surface area (Å²) in [5.74, 6) is 6.88. The summed E-state index contributed by atoms with van der Waals surface area (Å²) in [5, 5.41) is 0. The molecule has 3 heteroatoms. The van der Waals surface area contributed by atoms with E-state index in [1.807, 2.05) is 18.2 Å². The fourth-order valence-electron chi connectivity index (χ4n) is 3.26. The number of esters is 1. The van der Waals surface area contributed by atoms with Gasteiger partial charge >= 0.3 is 5.97 Å². The van der Waals surface area contributed by atoms with Crippen LogP contribution in [0.5, 0.6) is 0 Å². The van der Waals surface area contributed by atoms with Gasteiger partial charge in [-0.2, -0.15) is 0 Å². The van der Waals surface area contributed by atoms with Crippen LogP contribution in [-0.2, 0) is 20.9 Å². The minimum atomic E-state index is -0.132. The molecule has 0 bridgehead atoms. The summed E-state index contributed by atoms with van der Waals surface area (Å²) in [4.78, 5) is 11.6. The van der Waals surface area contributed by atoms with Gasteiger partial charge < -0.3 is 9.47 Å². The quantitative estimate of drug-likeness (QED) is 0.589. The van der Waals surface area contributed by atoms with Crippen molar-refractivity contribution in [1.82, 2.24) is 0 Å². The van der Waals surface area contributed by atoms with Crippen LogP contribution in [0.25, 0.3) is 0 Å². The zero-order valence-electron chi connectivity index (χ0n) is 14.1. The predicted octanol–water partition coefficient (Wildman–Crippen LogP) is 3.96. The van der Waals surface area contributed by atoms with Gasteiger partial charge in [0.05, 0.1) is 19.8 Å². The number of hydrogen-bond donors (Lipinski definition) is 0. The Kier molecular flexibility index (Phi) is 7.16. The smallest absolute Gasteiger partial charge is 0.305 e. The van der Waals surface area contributed by atoms with Gasteiger partial charge in [0.15, 0.2) is 0 Å². The summed E-state index contributed by atoms with van der Waals surface area (Å²) in [6, 6.07) is 10.2. The summed E-state index contributed by atoms with van der Waals surface area (Å²) < 4.78 is 11.0. The Bertz CT molecular complexity index is 541. The van der Waals surface area contributed by atoms with E-state index in [0.717, 1.165) is 25.7 Å². The molecule has 0 aliphatic heterocycles. The van der Waals surface area contributed by atoms with E-state index in [9.17, 15) is 4.79 Å². The van der Waals surface area contributed by atoms with Crippen molar-refractivity contribution < 1.29 is 14.3 Å². The summed E-state index contributed by atoms with van der Waals surface area (Å²) in [5.41, 5.74) is 1.18. The van der Waals surface area contributed by atoms with Crippen molar-refractivity contribution in [3.63, 3.8) is 0 Å². The molecular weight excluding hydrogens is 288 g/mol. The van der Waals surface area contributed by atoms with Gasteiger partial charge in [-0.1, -0.05) is 37.3 Å². The maximum atomic E-state index is 11.6. The average molecular weight is 314 g/mol. The molecule has 124 valence electrons. The molecule has 0 N–H and O–H groups in total. The van der Waals surface area contributed by atoms with E-state index < -0.39 is 0 Å². The van der Waals surface area contributed by atoms with Gasteiger partial charge in [-0.15, -0.1) is 11.8 Å². The average Bonchev–Trinajstić information content (AvgIpc) is 2.96. The van der Waals surface area contributed by atoms with E-state index in [1.165, 1.54) is 12.7 Å². The summed E-state index contributed by atoms with van der Waals surface area (Å²) in [6.45, 7) is 2.67. The lowest BCUT2D eigenvalue weighted by molar-refractivity contribution is -0.142.